The molecule has 0 saturated heterocycles. The molecule has 6 heteroatoms. The van der Waals surface area contributed by atoms with Crippen LogP contribution in [0.3, 0.4) is 0 Å². The molecule has 1 aliphatic carbocycles. The van der Waals surface area contributed by atoms with E-state index in [9.17, 15) is 12.8 Å². The maximum Gasteiger partial charge on any atom is 0.245 e. The SMILES string of the molecule is CN(C1CCC1)S(=O)(=O)c1ccc(CO)cc1F. The number of rotatable bonds is 4. The van der Waals surface area contributed by atoms with Crippen LogP contribution in [0.2, 0.25) is 0 Å². The molecule has 2 rings (SSSR count). The Hall–Kier alpha value is -0.980. The summed E-state index contributed by atoms with van der Waals surface area (Å²) >= 11 is 0. The fourth-order valence-electron chi connectivity index (χ4n) is 1.95. The van der Waals surface area contributed by atoms with E-state index in [-0.39, 0.29) is 17.5 Å². The van der Waals surface area contributed by atoms with Crippen molar-refractivity contribution in [3.8, 4) is 0 Å². The summed E-state index contributed by atoms with van der Waals surface area (Å²) in [6.07, 6.45) is 2.66. The van der Waals surface area contributed by atoms with Crippen LogP contribution in [-0.2, 0) is 16.6 Å². The van der Waals surface area contributed by atoms with E-state index >= 15 is 0 Å². The second kappa shape index (κ2) is 4.95. The highest BCUT2D eigenvalue weighted by atomic mass is 32.2. The van der Waals surface area contributed by atoms with Gasteiger partial charge in [-0.1, -0.05) is 12.5 Å². The van der Waals surface area contributed by atoms with Gasteiger partial charge in [-0.2, -0.15) is 4.31 Å². The molecule has 18 heavy (non-hydrogen) atoms. The second-order valence-corrected chi connectivity index (χ2v) is 6.49. The molecule has 0 atom stereocenters. The highest BCUT2D eigenvalue weighted by Gasteiger charge is 2.33. The standard InChI is InChI=1S/C12H16FNO3S/c1-14(10-3-2-4-10)18(16,17)12-6-5-9(8-15)7-11(12)13/h5-7,10,15H,2-4,8H2,1H3. The lowest BCUT2D eigenvalue weighted by atomic mass is 9.94. The first-order valence-electron chi connectivity index (χ1n) is 5.84. The van der Waals surface area contributed by atoms with E-state index < -0.39 is 15.8 Å². The Morgan fingerprint density at radius 3 is 2.56 bits per heavy atom. The fraction of sp³-hybridized carbons (Fsp3) is 0.500. The summed E-state index contributed by atoms with van der Waals surface area (Å²) in [5.74, 6) is -0.812. The van der Waals surface area contributed by atoms with Crippen LogP contribution in [0.1, 0.15) is 24.8 Å². The van der Waals surface area contributed by atoms with E-state index in [1.165, 1.54) is 23.5 Å². The summed E-state index contributed by atoms with van der Waals surface area (Å²) in [5.41, 5.74) is 0.359. The van der Waals surface area contributed by atoms with Crippen molar-refractivity contribution < 1.29 is 17.9 Å². The Kier molecular flexibility index (Phi) is 3.70. The molecular formula is C12H16FNO3S. The molecule has 100 valence electrons. The van der Waals surface area contributed by atoms with Gasteiger partial charge in [-0.25, -0.2) is 12.8 Å². The number of nitrogens with zero attached hydrogens (tertiary/aromatic N) is 1. The van der Waals surface area contributed by atoms with Gasteiger partial charge in [0.25, 0.3) is 0 Å². The number of sulfonamides is 1. The first-order chi connectivity index (χ1) is 8.46. The number of aliphatic hydroxyl groups excluding tert-OH is 1. The summed E-state index contributed by atoms with van der Waals surface area (Å²) in [5, 5.41) is 8.87. The van der Waals surface area contributed by atoms with Crippen molar-refractivity contribution >= 4 is 10.0 Å². The summed E-state index contributed by atoms with van der Waals surface area (Å²) in [4.78, 5) is -0.325. The van der Waals surface area contributed by atoms with Crippen molar-refractivity contribution in [2.75, 3.05) is 7.05 Å². The highest BCUT2D eigenvalue weighted by Crippen LogP contribution is 2.29. The average molecular weight is 273 g/mol. The molecule has 0 bridgehead atoms. The summed E-state index contributed by atoms with van der Waals surface area (Å²) in [6.45, 7) is -0.310. The normalized spacial score (nSPS) is 16.9. The second-order valence-electron chi connectivity index (χ2n) is 4.53. The van der Waals surface area contributed by atoms with E-state index in [4.69, 9.17) is 5.11 Å². The number of hydrogen-bond acceptors (Lipinski definition) is 3. The van der Waals surface area contributed by atoms with E-state index in [0.717, 1.165) is 25.3 Å². The van der Waals surface area contributed by atoms with Crippen molar-refractivity contribution in [2.24, 2.45) is 0 Å². The topological polar surface area (TPSA) is 57.6 Å². The lowest BCUT2D eigenvalue weighted by Gasteiger charge is -2.33. The molecule has 0 unspecified atom stereocenters. The van der Waals surface area contributed by atoms with Crippen molar-refractivity contribution in [3.05, 3.63) is 29.6 Å². The zero-order valence-electron chi connectivity index (χ0n) is 10.1. The first-order valence-corrected chi connectivity index (χ1v) is 7.28. The maximum absolute atomic E-state index is 13.8. The first kappa shape index (κ1) is 13.5. The van der Waals surface area contributed by atoms with Crippen LogP contribution in [0.15, 0.2) is 23.1 Å². The van der Waals surface area contributed by atoms with E-state index in [1.54, 1.807) is 0 Å². The van der Waals surface area contributed by atoms with Gasteiger partial charge in [-0.15, -0.1) is 0 Å². The largest absolute Gasteiger partial charge is 0.392 e. The molecule has 1 N–H and O–H groups in total. The van der Waals surface area contributed by atoms with Gasteiger partial charge in [-0.05, 0) is 30.5 Å². The van der Waals surface area contributed by atoms with Gasteiger partial charge < -0.3 is 5.11 Å². The Morgan fingerprint density at radius 1 is 1.44 bits per heavy atom. The van der Waals surface area contributed by atoms with Crippen molar-refractivity contribution in [2.45, 2.75) is 36.8 Å². The number of hydrogen-bond donors (Lipinski definition) is 1. The Balaban J connectivity index is 2.34. The van der Waals surface area contributed by atoms with E-state index in [2.05, 4.69) is 0 Å². The van der Waals surface area contributed by atoms with Gasteiger partial charge in [0.05, 0.1) is 6.61 Å². The summed E-state index contributed by atoms with van der Waals surface area (Å²) in [7, 11) is -2.29. The van der Waals surface area contributed by atoms with Gasteiger partial charge >= 0.3 is 0 Å². The Bertz CT molecular complexity index is 540. The molecule has 0 spiro atoms. The molecule has 0 aromatic heterocycles. The molecular weight excluding hydrogens is 257 g/mol. The molecule has 0 amide bonds. The van der Waals surface area contributed by atoms with Gasteiger partial charge in [0.15, 0.2) is 0 Å². The molecule has 0 heterocycles. The van der Waals surface area contributed by atoms with E-state index in [1.807, 2.05) is 0 Å². The van der Waals surface area contributed by atoms with E-state index in [0.29, 0.717) is 5.56 Å². The van der Waals surface area contributed by atoms with Crippen LogP contribution in [0.4, 0.5) is 4.39 Å². The number of benzene rings is 1. The van der Waals surface area contributed by atoms with Crippen LogP contribution < -0.4 is 0 Å². The van der Waals surface area contributed by atoms with Gasteiger partial charge in [0, 0.05) is 13.1 Å². The quantitative estimate of drug-likeness (QED) is 0.904. The molecule has 1 aromatic rings. The zero-order chi connectivity index (χ0) is 13.3. The predicted molar refractivity (Wildman–Crippen MR) is 64.9 cm³/mol. The minimum atomic E-state index is -3.78. The zero-order valence-corrected chi connectivity index (χ0v) is 11.0. The molecule has 1 aromatic carbocycles. The van der Waals surface area contributed by atoms with Crippen molar-refractivity contribution in [1.82, 2.24) is 4.31 Å². The molecule has 1 aliphatic rings. The predicted octanol–water partition coefficient (Wildman–Crippen LogP) is 1.49. The summed E-state index contributed by atoms with van der Waals surface area (Å²) < 4.78 is 39.4. The molecule has 1 saturated carbocycles. The third-order valence-electron chi connectivity index (χ3n) is 3.42. The van der Waals surface area contributed by atoms with Crippen LogP contribution in [-0.4, -0.2) is 30.9 Å². The summed E-state index contributed by atoms with van der Waals surface area (Å²) in [6, 6.07) is 3.67. The number of halogens is 1. The Morgan fingerprint density at radius 2 is 2.11 bits per heavy atom. The van der Waals surface area contributed by atoms with Gasteiger partial charge in [0.1, 0.15) is 10.7 Å². The minimum Gasteiger partial charge on any atom is -0.392 e. The Labute approximate surface area is 106 Å². The van der Waals surface area contributed by atoms with Gasteiger partial charge in [-0.3, -0.25) is 0 Å². The number of aliphatic hydroxyl groups is 1. The maximum atomic E-state index is 13.8. The van der Waals surface area contributed by atoms with Crippen LogP contribution in [0.5, 0.6) is 0 Å². The fourth-order valence-corrected chi connectivity index (χ4v) is 3.41. The third kappa shape index (κ3) is 2.28. The van der Waals surface area contributed by atoms with Crippen LogP contribution in [0, 0.1) is 5.82 Å². The molecule has 4 nitrogen and oxygen atoms in total. The lowest BCUT2D eigenvalue weighted by Crippen LogP contribution is -2.41. The van der Waals surface area contributed by atoms with Crippen molar-refractivity contribution in [3.63, 3.8) is 0 Å². The smallest absolute Gasteiger partial charge is 0.245 e. The minimum absolute atomic E-state index is 0.0214. The molecule has 0 radical (unpaired) electrons. The van der Waals surface area contributed by atoms with Crippen LogP contribution in [0.25, 0.3) is 0 Å². The van der Waals surface area contributed by atoms with Gasteiger partial charge in [0.2, 0.25) is 10.0 Å². The molecule has 1 fully saturated rings. The van der Waals surface area contributed by atoms with Crippen molar-refractivity contribution in [1.29, 1.82) is 0 Å². The third-order valence-corrected chi connectivity index (χ3v) is 5.37. The monoisotopic (exact) mass is 273 g/mol. The average Bonchev–Trinajstić information content (AvgIpc) is 2.26. The lowest BCUT2D eigenvalue weighted by molar-refractivity contribution is 0.249. The van der Waals surface area contributed by atoms with Crippen LogP contribution >= 0.6 is 0 Å². The highest BCUT2D eigenvalue weighted by molar-refractivity contribution is 7.89. The molecule has 0 aliphatic heterocycles.